The van der Waals surface area contributed by atoms with Crippen LogP contribution in [0.5, 0.6) is 11.5 Å². The van der Waals surface area contributed by atoms with Crippen LogP contribution in [0.3, 0.4) is 0 Å². The zero-order valence-electron chi connectivity index (χ0n) is 18.8. The molecule has 3 aromatic carbocycles. The number of ether oxygens (including phenoxy) is 1. The average Bonchev–Trinajstić information content (AvgIpc) is 2.73. The minimum absolute atomic E-state index is 0.0547. The first-order valence-corrected chi connectivity index (χ1v) is 10.5. The van der Waals surface area contributed by atoms with E-state index in [1.807, 2.05) is 45.0 Å². The molecule has 0 bridgehead atoms. The van der Waals surface area contributed by atoms with Gasteiger partial charge in [0.1, 0.15) is 18.1 Å². The highest BCUT2D eigenvalue weighted by molar-refractivity contribution is 5.99. The lowest BCUT2D eigenvalue weighted by Crippen LogP contribution is -2.13. The summed E-state index contributed by atoms with van der Waals surface area (Å²) in [5.41, 5.74) is 3.16. The Morgan fingerprint density at radius 1 is 0.938 bits per heavy atom. The van der Waals surface area contributed by atoms with E-state index in [0.717, 1.165) is 11.1 Å². The molecular weight excluding hydrogens is 404 g/mol. The van der Waals surface area contributed by atoms with E-state index in [0.29, 0.717) is 28.9 Å². The number of carboxylic acids is 1. The summed E-state index contributed by atoms with van der Waals surface area (Å²) in [5.74, 6) is -0.643. The highest BCUT2D eigenvalue weighted by Crippen LogP contribution is 2.34. The van der Waals surface area contributed by atoms with Gasteiger partial charge in [-0.1, -0.05) is 57.2 Å². The van der Waals surface area contributed by atoms with E-state index in [-0.39, 0.29) is 29.1 Å². The Kier molecular flexibility index (Phi) is 6.68. The first-order valence-electron chi connectivity index (χ1n) is 10.5. The summed E-state index contributed by atoms with van der Waals surface area (Å²) in [6.07, 6.45) is 0.338. The quantitative estimate of drug-likeness (QED) is 0.430. The van der Waals surface area contributed by atoms with Crippen LogP contribution in [0.4, 0.5) is 0 Å². The van der Waals surface area contributed by atoms with Crippen LogP contribution in [0, 0.1) is 12.3 Å². The molecule has 0 atom stereocenters. The number of aromatic carboxylic acids is 1. The summed E-state index contributed by atoms with van der Waals surface area (Å²) in [6.45, 7) is 7.90. The molecule has 3 aromatic rings. The lowest BCUT2D eigenvalue weighted by Gasteiger charge is -2.18. The molecule has 0 saturated carbocycles. The molecule has 0 heterocycles. The fourth-order valence-electron chi connectivity index (χ4n) is 3.55. The molecule has 2 N–H and O–H groups in total. The van der Waals surface area contributed by atoms with Gasteiger partial charge in [0, 0.05) is 12.0 Å². The van der Waals surface area contributed by atoms with Crippen molar-refractivity contribution in [3.8, 4) is 22.6 Å². The normalized spacial score (nSPS) is 11.2. The SMILES string of the molecule is Cc1c(OCc2cccc(-c3ccccc3C(=O)O)c2)ccc(C(=O)CC(C)(C)C)c1O. The van der Waals surface area contributed by atoms with E-state index >= 15 is 0 Å². The highest BCUT2D eigenvalue weighted by atomic mass is 16.5. The zero-order valence-corrected chi connectivity index (χ0v) is 18.8. The van der Waals surface area contributed by atoms with Gasteiger partial charge in [-0.05, 0) is 53.3 Å². The monoisotopic (exact) mass is 432 g/mol. The van der Waals surface area contributed by atoms with Crippen molar-refractivity contribution in [3.63, 3.8) is 0 Å². The lowest BCUT2D eigenvalue weighted by atomic mass is 9.87. The Labute approximate surface area is 188 Å². The second-order valence-electron chi connectivity index (χ2n) is 9.09. The van der Waals surface area contributed by atoms with Gasteiger partial charge < -0.3 is 14.9 Å². The van der Waals surface area contributed by atoms with Crippen molar-refractivity contribution in [3.05, 3.63) is 82.9 Å². The molecule has 166 valence electrons. The van der Waals surface area contributed by atoms with Crippen LogP contribution >= 0.6 is 0 Å². The number of Topliss-reactive ketones (excluding diaryl/α,β-unsaturated/α-hetero) is 1. The van der Waals surface area contributed by atoms with Crippen molar-refractivity contribution in [2.24, 2.45) is 5.41 Å². The topological polar surface area (TPSA) is 83.8 Å². The van der Waals surface area contributed by atoms with Crippen molar-refractivity contribution in [1.82, 2.24) is 0 Å². The Morgan fingerprint density at radius 3 is 2.34 bits per heavy atom. The number of hydrogen-bond acceptors (Lipinski definition) is 4. The number of ketones is 1. The number of aromatic hydroxyl groups is 1. The largest absolute Gasteiger partial charge is 0.507 e. The first kappa shape index (κ1) is 23.1. The Hall–Kier alpha value is -3.60. The minimum Gasteiger partial charge on any atom is -0.507 e. The van der Waals surface area contributed by atoms with Gasteiger partial charge >= 0.3 is 5.97 Å². The van der Waals surface area contributed by atoms with Gasteiger partial charge in [0.25, 0.3) is 0 Å². The van der Waals surface area contributed by atoms with Gasteiger partial charge in [0.05, 0.1) is 11.1 Å². The molecule has 0 aromatic heterocycles. The highest BCUT2D eigenvalue weighted by Gasteiger charge is 2.21. The standard InChI is InChI=1S/C27H28O5/c1-17-24(13-12-22(25(17)29)23(28)15-27(2,3)4)32-16-18-8-7-9-19(14-18)20-10-5-6-11-21(20)26(30)31/h5-14,29H,15-16H2,1-4H3,(H,30,31). The molecule has 0 amide bonds. The average molecular weight is 433 g/mol. The molecule has 0 spiro atoms. The molecule has 0 aliphatic heterocycles. The molecule has 0 aliphatic carbocycles. The number of carbonyl (C=O) groups is 2. The van der Waals surface area contributed by atoms with Gasteiger partial charge in [0.15, 0.2) is 5.78 Å². The van der Waals surface area contributed by atoms with E-state index in [2.05, 4.69) is 0 Å². The number of carbonyl (C=O) groups excluding carboxylic acids is 1. The van der Waals surface area contributed by atoms with Crippen LogP contribution in [0.15, 0.2) is 60.7 Å². The summed E-state index contributed by atoms with van der Waals surface area (Å²) < 4.78 is 5.92. The smallest absolute Gasteiger partial charge is 0.336 e. The lowest BCUT2D eigenvalue weighted by molar-refractivity contribution is 0.0697. The molecule has 0 radical (unpaired) electrons. The van der Waals surface area contributed by atoms with Crippen LogP contribution in [-0.4, -0.2) is 22.0 Å². The summed E-state index contributed by atoms with van der Waals surface area (Å²) >= 11 is 0. The van der Waals surface area contributed by atoms with Crippen molar-refractivity contribution in [2.45, 2.75) is 40.7 Å². The van der Waals surface area contributed by atoms with Crippen LogP contribution in [0.25, 0.3) is 11.1 Å². The molecule has 0 saturated heterocycles. The second kappa shape index (κ2) is 9.27. The summed E-state index contributed by atoms with van der Waals surface area (Å²) in [5, 5.41) is 20.0. The predicted octanol–water partition coefficient (Wildman–Crippen LogP) is 6.26. The molecular formula is C27H28O5. The van der Waals surface area contributed by atoms with Gasteiger partial charge in [-0.25, -0.2) is 4.79 Å². The fraction of sp³-hybridized carbons (Fsp3) is 0.259. The van der Waals surface area contributed by atoms with Gasteiger partial charge in [-0.2, -0.15) is 0 Å². The van der Waals surface area contributed by atoms with E-state index in [9.17, 15) is 19.8 Å². The van der Waals surface area contributed by atoms with Gasteiger partial charge in [0.2, 0.25) is 0 Å². The van der Waals surface area contributed by atoms with E-state index in [4.69, 9.17) is 4.74 Å². The molecule has 0 fully saturated rings. The van der Waals surface area contributed by atoms with Gasteiger partial charge in [-0.15, -0.1) is 0 Å². The molecule has 5 nitrogen and oxygen atoms in total. The van der Waals surface area contributed by atoms with Crippen molar-refractivity contribution < 1.29 is 24.5 Å². The number of hydrogen-bond donors (Lipinski definition) is 2. The first-order chi connectivity index (χ1) is 15.1. The number of phenolic OH excluding ortho intramolecular Hbond substituents is 1. The number of rotatable bonds is 7. The number of benzene rings is 3. The molecule has 32 heavy (non-hydrogen) atoms. The maximum atomic E-state index is 12.5. The molecule has 5 heteroatoms. The van der Waals surface area contributed by atoms with Crippen LogP contribution in [0.2, 0.25) is 0 Å². The predicted molar refractivity (Wildman–Crippen MR) is 124 cm³/mol. The third-order valence-corrected chi connectivity index (χ3v) is 5.16. The summed E-state index contributed by atoms with van der Waals surface area (Å²) in [6, 6.07) is 17.7. The third kappa shape index (κ3) is 5.35. The molecule has 0 aliphatic rings. The maximum Gasteiger partial charge on any atom is 0.336 e. The Balaban J connectivity index is 1.80. The zero-order chi connectivity index (χ0) is 23.5. The van der Waals surface area contributed by atoms with E-state index < -0.39 is 5.97 Å². The number of phenols is 1. The Bertz CT molecular complexity index is 1150. The van der Waals surface area contributed by atoms with Crippen molar-refractivity contribution in [1.29, 1.82) is 0 Å². The Morgan fingerprint density at radius 2 is 1.66 bits per heavy atom. The third-order valence-electron chi connectivity index (χ3n) is 5.16. The van der Waals surface area contributed by atoms with Gasteiger partial charge in [-0.3, -0.25) is 4.79 Å². The molecule has 3 rings (SSSR count). The van der Waals surface area contributed by atoms with E-state index in [1.165, 1.54) is 0 Å². The van der Waals surface area contributed by atoms with Crippen LogP contribution < -0.4 is 4.74 Å². The van der Waals surface area contributed by atoms with Crippen LogP contribution in [0.1, 0.15) is 59.0 Å². The molecule has 0 unspecified atom stereocenters. The fourth-order valence-corrected chi connectivity index (χ4v) is 3.55. The van der Waals surface area contributed by atoms with Crippen molar-refractivity contribution in [2.75, 3.05) is 0 Å². The maximum absolute atomic E-state index is 12.5. The summed E-state index contributed by atoms with van der Waals surface area (Å²) in [4.78, 5) is 24.1. The van der Waals surface area contributed by atoms with Crippen LogP contribution in [-0.2, 0) is 6.61 Å². The second-order valence-corrected chi connectivity index (χ2v) is 9.09. The minimum atomic E-state index is -0.977. The van der Waals surface area contributed by atoms with Crippen molar-refractivity contribution >= 4 is 11.8 Å². The van der Waals surface area contributed by atoms with E-state index in [1.54, 1.807) is 43.3 Å². The summed E-state index contributed by atoms with van der Waals surface area (Å²) in [7, 11) is 0. The number of carboxylic acid groups (broad SMARTS) is 1.